The molecule has 0 aromatic rings. The first-order chi connectivity index (χ1) is 9.52. The molecule has 0 aliphatic carbocycles. The molecule has 0 bridgehead atoms. The highest BCUT2D eigenvalue weighted by atomic mass is 127. The maximum atomic E-state index is 11.4. The summed E-state index contributed by atoms with van der Waals surface area (Å²) in [7, 11) is -1.22. The van der Waals surface area contributed by atoms with E-state index < -0.39 is 9.84 Å². The smallest absolute Gasteiger partial charge is 0.191 e. The number of nitrogens with one attached hydrogen (secondary N) is 2. The van der Waals surface area contributed by atoms with Gasteiger partial charge in [-0.15, -0.1) is 24.0 Å². The summed E-state index contributed by atoms with van der Waals surface area (Å²) >= 11 is 0. The van der Waals surface area contributed by atoms with E-state index in [9.17, 15) is 8.42 Å². The molecular formula is C13H29IN4O2S. The van der Waals surface area contributed by atoms with Gasteiger partial charge >= 0.3 is 0 Å². The summed E-state index contributed by atoms with van der Waals surface area (Å²) in [5.41, 5.74) is 0. The van der Waals surface area contributed by atoms with Crippen LogP contribution in [0.3, 0.4) is 0 Å². The molecule has 126 valence electrons. The maximum absolute atomic E-state index is 11.4. The lowest BCUT2D eigenvalue weighted by molar-refractivity contribution is 0.267. The summed E-state index contributed by atoms with van der Waals surface area (Å²) < 4.78 is 22.8. The zero-order valence-electron chi connectivity index (χ0n) is 13.3. The van der Waals surface area contributed by atoms with E-state index >= 15 is 0 Å². The molecule has 8 heteroatoms. The summed E-state index contributed by atoms with van der Waals surface area (Å²) in [4.78, 5) is 6.59. The van der Waals surface area contributed by atoms with E-state index in [1.807, 2.05) is 0 Å². The number of nitrogens with zero attached hydrogens (tertiary/aromatic N) is 2. The fourth-order valence-corrected chi connectivity index (χ4v) is 3.15. The summed E-state index contributed by atoms with van der Waals surface area (Å²) in [5, 5.41) is 6.34. The molecule has 1 unspecified atom stereocenters. The third-order valence-electron chi connectivity index (χ3n) is 3.78. The summed E-state index contributed by atoms with van der Waals surface area (Å²) in [5.74, 6) is 1.02. The van der Waals surface area contributed by atoms with Gasteiger partial charge in [0.15, 0.2) is 15.8 Å². The fraction of sp³-hybridized carbons (Fsp3) is 0.923. The van der Waals surface area contributed by atoms with Crippen LogP contribution in [-0.4, -0.2) is 70.1 Å². The van der Waals surface area contributed by atoms with Crippen molar-refractivity contribution in [3.8, 4) is 0 Å². The zero-order chi connectivity index (χ0) is 15.0. The second-order valence-electron chi connectivity index (χ2n) is 5.04. The van der Waals surface area contributed by atoms with Crippen molar-refractivity contribution in [1.82, 2.24) is 15.5 Å². The van der Waals surface area contributed by atoms with E-state index in [1.165, 1.54) is 19.4 Å². The predicted octanol–water partition coefficient (Wildman–Crippen LogP) is 0.688. The van der Waals surface area contributed by atoms with Gasteiger partial charge in [0.1, 0.15) is 0 Å². The average molecular weight is 432 g/mol. The Labute approximate surface area is 146 Å². The van der Waals surface area contributed by atoms with Crippen LogP contribution in [0, 0.1) is 0 Å². The molecule has 1 saturated heterocycles. The first-order valence-electron chi connectivity index (χ1n) is 7.41. The number of likely N-dealkylation sites (N-methyl/N-ethyl adjacent to an activating group) is 1. The van der Waals surface area contributed by atoms with Crippen molar-refractivity contribution in [1.29, 1.82) is 0 Å². The van der Waals surface area contributed by atoms with Crippen molar-refractivity contribution in [2.45, 2.75) is 32.7 Å². The lowest BCUT2D eigenvalue weighted by Crippen LogP contribution is -2.45. The number of rotatable bonds is 7. The van der Waals surface area contributed by atoms with E-state index in [4.69, 9.17) is 0 Å². The summed E-state index contributed by atoms with van der Waals surface area (Å²) in [6.07, 6.45) is 2.46. The Morgan fingerprint density at radius 3 is 2.62 bits per heavy atom. The second kappa shape index (κ2) is 10.6. The average Bonchev–Trinajstić information content (AvgIpc) is 2.90. The van der Waals surface area contributed by atoms with Crippen molar-refractivity contribution in [2.24, 2.45) is 4.99 Å². The number of halogens is 1. The van der Waals surface area contributed by atoms with Gasteiger partial charge in [-0.3, -0.25) is 9.89 Å². The van der Waals surface area contributed by atoms with Gasteiger partial charge < -0.3 is 10.6 Å². The minimum atomic E-state index is -2.92. The SMILES string of the molecule is CCN1CCCC1CNC(=NC)NCCS(=O)(=O)CC.I. The molecule has 0 saturated carbocycles. The molecule has 0 spiro atoms. The minimum absolute atomic E-state index is 0. The third-order valence-corrected chi connectivity index (χ3v) is 5.49. The lowest BCUT2D eigenvalue weighted by Gasteiger charge is -2.23. The molecule has 1 heterocycles. The van der Waals surface area contributed by atoms with Crippen molar-refractivity contribution in [3.63, 3.8) is 0 Å². The predicted molar refractivity (Wildman–Crippen MR) is 99.4 cm³/mol. The number of guanidine groups is 1. The summed E-state index contributed by atoms with van der Waals surface area (Å²) in [6.45, 7) is 7.35. The molecular weight excluding hydrogens is 403 g/mol. The van der Waals surface area contributed by atoms with Crippen LogP contribution >= 0.6 is 24.0 Å². The highest BCUT2D eigenvalue weighted by molar-refractivity contribution is 14.0. The highest BCUT2D eigenvalue weighted by Gasteiger charge is 2.22. The molecule has 6 nitrogen and oxygen atoms in total. The van der Waals surface area contributed by atoms with Crippen LogP contribution in [0.2, 0.25) is 0 Å². The third kappa shape index (κ3) is 7.64. The van der Waals surface area contributed by atoms with Gasteiger partial charge in [0.2, 0.25) is 0 Å². The van der Waals surface area contributed by atoms with E-state index in [0.29, 0.717) is 18.5 Å². The van der Waals surface area contributed by atoms with Crippen LogP contribution in [0.1, 0.15) is 26.7 Å². The largest absolute Gasteiger partial charge is 0.355 e. The Kier molecular flexibility index (Phi) is 10.6. The number of sulfone groups is 1. The summed E-state index contributed by atoms with van der Waals surface area (Å²) in [6, 6.07) is 0.554. The minimum Gasteiger partial charge on any atom is -0.355 e. The van der Waals surface area contributed by atoms with Crippen LogP contribution in [0.5, 0.6) is 0 Å². The van der Waals surface area contributed by atoms with Gasteiger partial charge in [-0.2, -0.15) is 0 Å². The van der Waals surface area contributed by atoms with Crippen LogP contribution in [0.15, 0.2) is 4.99 Å². The Bertz CT molecular complexity index is 414. The number of hydrogen-bond acceptors (Lipinski definition) is 4. The molecule has 21 heavy (non-hydrogen) atoms. The molecule has 0 radical (unpaired) electrons. The van der Waals surface area contributed by atoms with Crippen molar-refractivity contribution >= 4 is 39.8 Å². The Morgan fingerprint density at radius 1 is 1.33 bits per heavy atom. The van der Waals surface area contributed by atoms with Crippen LogP contribution < -0.4 is 10.6 Å². The van der Waals surface area contributed by atoms with Gasteiger partial charge in [0.25, 0.3) is 0 Å². The maximum Gasteiger partial charge on any atom is 0.191 e. The van der Waals surface area contributed by atoms with Gasteiger partial charge in [-0.05, 0) is 25.9 Å². The van der Waals surface area contributed by atoms with E-state index in [-0.39, 0.29) is 35.5 Å². The number of likely N-dealkylation sites (tertiary alicyclic amines) is 1. The lowest BCUT2D eigenvalue weighted by atomic mass is 10.2. The first kappa shape index (κ1) is 20.9. The Hall–Kier alpha value is -0.0900. The molecule has 2 N–H and O–H groups in total. The van der Waals surface area contributed by atoms with Gasteiger partial charge in [0.05, 0.1) is 5.75 Å². The number of hydrogen-bond donors (Lipinski definition) is 2. The monoisotopic (exact) mass is 432 g/mol. The standard InChI is InChI=1S/C13H28N4O2S.HI/c1-4-17-9-6-7-12(17)11-16-13(14-3)15-8-10-20(18,19)5-2;/h12H,4-11H2,1-3H3,(H2,14,15,16);1H. The van der Waals surface area contributed by atoms with Crippen molar-refractivity contribution in [3.05, 3.63) is 0 Å². The molecule has 1 rings (SSSR count). The molecule has 1 aliphatic rings. The van der Waals surface area contributed by atoms with Gasteiger partial charge in [-0.1, -0.05) is 13.8 Å². The van der Waals surface area contributed by atoms with Crippen LogP contribution in [0.25, 0.3) is 0 Å². The van der Waals surface area contributed by atoms with Gasteiger partial charge in [0, 0.05) is 31.9 Å². The van der Waals surface area contributed by atoms with Crippen LogP contribution in [-0.2, 0) is 9.84 Å². The normalized spacial score (nSPS) is 20.1. The molecule has 0 amide bonds. The van der Waals surface area contributed by atoms with Crippen LogP contribution in [0.4, 0.5) is 0 Å². The van der Waals surface area contributed by atoms with E-state index in [1.54, 1.807) is 14.0 Å². The first-order valence-corrected chi connectivity index (χ1v) is 9.23. The Morgan fingerprint density at radius 2 is 2.05 bits per heavy atom. The van der Waals surface area contributed by atoms with Crippen molar-refractivity contribution < 1.29 is 8.42 Å². The van der Waals surface area contributed by atoms with Gasteiger partial charge in [-0.25, -0.2) is 8.42 Å². The molecule has 0 aromatic carbocycles. The molecule has 0 aromatic heterocycles. The zero-order valence-corrected chi connectivity index (χ0v) is 16.4. The number of aliphatic imine (C=N–C) groups is 1. The Balaban J connectivity index is 0.00000400. The van der Waals surface area contributed by atoms with E-state index in [0.717, 1.165) is 13.1 Å². The topological polar surface area (TPSA) is 73.8 Å². The quantitative estimate of drug-likeness (QED) is 0.352. The highest BCUT2D eigenvalue weighted by Crippen LogP contribution is 2.15. The molecule has 1 fully saturated rings. The molecule has 1 aliphatic heterocycles. The fourth-order valence-electron chi connectivity index (χ4n) is 2.45. The second-order valence-corrected chi connectivity index (χ2v) is 7.51. The van der Waals surface area contributed by atoms with E-state index in [2.05, 4.69) is 27.4 Å². The van der Waals surface area contributed by atoms with Crippen molar-refractivity contribution in [2.75, 3.05) is 44.7 Å². The molecule has 1 atom stereocenters.